The van der Waals surface area contributed by atoms with Crippen LogP contribution >= 0.6 is 11.8 Å². The van der Waals surface area contributed by atoms with Crippen molar-refractivity contribution in [2.45, 2.75) is 11.7 Å². The summed E-state index contributed by atoms with van der Waals surface area (Å²) in [6.45, 7) is -0.533. The summed E-state index contributed by atoms with van der Waals surface area (Å²) in [4.78, 5) is 47.5. The lowest BCUT2D eigenvalue weighted by Gasteiger charge is -2.16. The van der Waals surface area contributed by atoms with Crippen molar-refractivity contribution in [1.29, 1.82) is 0 Å². The van der Waals surface area contributed by atoms with Crippen LogP contribution in [0.25, 0.3) is 0 Å². The predicted octanol–water partition coefficient (Wildman–Crippen LogP) is 0.855. The maximum absolute atomic E-state index is 12.4. The fourth-order valence-corrected chi connectivity index (χ4v) is 3.01. The first kappa shape index (κ1) is 16.8. The molecule has 1 fully saturated rings. The Morgan fingerprint density at radius 1 is 1.35 bits per heavy atom. The van der Waals surface area contributed by atoms with Gasteiger partial charge in [-0.05, 0) is 23.9 Å². The monoisotopic (exact) mass is 338 g/mol. The summed E-state index contributed by atoms with van der Waals surface area (Å²) in [6, 6.07) is 6.56. The number of ether oxygens (including phenoxy) is 1. The number of hydrogen-bond acceptors (Lipinski definition) is 6. The van der Waals surface area contributed by atoms with Crippen LogP contribution in [0.5, 0.6) is 5.75 Å². The van der Waals surface area contributed by atoms with Crippen molar-refractivity contribution in [3.05, 3.63) is 24.3 Å². The highest BCUT2D eigenvalue weighted by Gasteiger charge is 2.42. The van der Waals surface area contributed by atoms with Gasteiger partial charge in [0.2, 0.25) is 11.8 Å². The number of aliphatic carboxylic acids is 1. The first-order chi connectivity index (χ1) is 10.9. The highest BCUT2D eigenvalue weighted by Crippen LogP contribution is 2.37. The highest BCUT2D eigenvalue weighted by molar-refractivity contribution is 8.15. The second kappa shape index (κ2) is 7.14. The highest BCUT2D eigenvalue weighted by atomic mass is 32.2. The van der Waals surface area contributed by atoms with E-state index >= 15 is 0 Å². The van der Waals surface area contributed by atoms with E-state index in [1.54, 1.807) is 24.3 Å². The van der Waals surface area contributed by atoms with Gasteiger partial charge in [-0.25, -0.2) is 4.90 Å². The molecule has 3 amide bonds. The number of nitrogens with zero attached hydrogens (tertiary/aromatic N) is 1. The van der Waals surface area contributed by atoms with E-state index in [2.05, 4.69) is 5.32 Å². The summed E-state index contributed by atoms with van der Waals surface area (Å²) in [5, 5.41) is 9.27. The summed E-state index contributed by atoms with van der Waals surface area (Å²) >= 11 is 0.732. The molecule has 0 saturated carbocycles. The summed E-state index contributed by atoms with van der Waals surface area (Å²) in [5.41, 5.74) is 0.311. The average Bonchev–Trinajstić information content (AvgIpc) is 2.79. The average molecular weight is 338 g/mol. The number of carbonyl (C=O) groups excluding carboxylic acids is 3. The van der Waals surface area contributed by atoms with E-state index in [-0.39, 0.29) is 6.42 Å². The number of thioether (sulfide) groups is 1. The molecule has 122 valence electrons. The van der Waals surface area contributed by atoms with Crippen LogP contribution in [0.1, 0.15) is 6.42 Å². The Morgan fingerprint density at radius 3 is 2.70 bits per heavy atom. The zero-order valence-electron chi connectivity index (χ0n) is 12.1. The van der Waals surface area contributed by atoms with Crippen LogP contribution in [0, 0.1) is 0 Å². The molecule has 1 aromatic rings. The number of imide groups is 1. The van der Waals surface area contributed by atoms with Gasteiger partial charge in [-0.2, -0.15) is 0 Å². The van der Waals surface area contributed by atoms with E-state index in [4.69, 9.17) is 9.84 Å². The van der Waals surface area contributed by atoms with E-state index < -0.39 is 34.8 Å². The molecule has 1 aliphatic rings. The Kier molecular flexibility index (Phi) is 5.22. The van der Waals surface area contributed by atoms with Crippen LogP contribution in [0.4, 0.5) is 10.5 Å². The standard InChI is InChI=1S/C14H14N2O6S/c1-22-9-5-3-2-4-8(9)16-13(20)10(23-14(16)21)6-11(17)15-7-12(18)19/h2-5,10H,6-7H2,1H3,(H,15,17)(H,18,19). The Bertz CT molecular complexity index is 662. The molecule has 2 N–H and O–H groups in total. The normalized spacial score (nSPS) is 17.3. The van der Waals surface area contributed by atoms with Crippen molar-refractivity contribution < 1.29 is 29.0 Å². The van der Waals surface area contributed by atoms with Gasteiger partial charge in [0.25, 0.3) is 5.24 Å². The molecule has 1 aliphatic heterocycles. The molecule has 0 aromatic heterocycles. The minimum Gasteiger partial charge on any atom is -0.495 e. The lowest BCUT2D eigenvalue weighted by atomic mass is 10.2. The van der Waals surface area contributed by atoms with Crippen molar-refractivity contribution in [2.24, 2.45) is 0 Å². The third-order valence-electron chi connectivity index (χ3n) is 3.06. The van der Waals surface area contributed by atoms with Gasteiger partial charge in [0, 0.05) is 6.42 Å². The number of rotatable bonds is 6. The summed E-state index contributed by atoms with van der Waals surface area (Å²) in [6.07, 6.45) is -0.270. The third kappa shape index (κ3) is 3.81. The van der Waals surface area contributed by atoms with Crippen LogP contribution in [-0.4, -0.2) is 47.0 Å². The lowest BCUT2D eigenvalue weighted by Crippen LogP contribution is -2.36. The smallest absolute Gasteiger partial charge is 0.322 e. The molecular weight excluding hydrogens is 324 g/mol. The number of carboxylic acids is 1. The minimum absolute atomic E-state index is 0.270. The van der Waals surface area contributed by atoms with Crippen LogP contribution in [0.2, 0.25) is 0 Å². The molecule has 1 atom stereocenters. The SMILES string of the molecule is COc1ccccc1N1C(=O)SC(CC(=O)NCC(=O)O)C1=O. The maximum Gasteiger partial charge on any atom is 0.322 e. The molecule has 0 bridgehead atoms. The van der Waals surface area contributed by atoms with Crippen LogP contribution < -0.4 is 15.0 Å². The van der Waals surface area contributed by atoms with Crippen molar-refractivity contribution in [3.63, 3.8) is 0 Å². The Balaban J connectivity index is 2.11. The molecule has 1 heterocycles. The number of methoxy groups -OCH3 is 1. The van der Waals surface area contributed by atoms with Crippen LogP contribution in [0.15, 0.2) is 24.3 Å². The molecule has 1 saturated heterocycles. The maximum atomic E-state index is 12.4. The first-order valence-electron chi connectivity index (χ1n) is 6.60. The lowest BCUT2D eigenvalue weighted by molar-refractivity contribution is -0.137. The van der Waals surface area contributed by atoms with E-state index in [1.807, 2.05) is 0 Å². The predicted molar refractivity (Wildman–Crippen MR) is 82.5 cm³/mol. The first-order valence-corrected chi connectivity index (χ1v) is 7.48. The van der Waals surface area contributed by atoms with E-state index in [1.165, 1.54) is 7.11 Å². The minimum atomic E-state index is -1.18. The van der Waals surface area contributed by atoms with E-state index in [0.29, 0.717) is 11.4 Å². The van der Waals surface area contributed by atoms with Crippen molar-refractivity contribution in [3.8, 4) is 5.75 Å². The van der Waals surface area contributed by atoms with Gasteiger partial charge < -0.3 is 15.2 Å². The summed E-state index contributed by atoms with van der Waals surface area (Å²) in [7, 11) is 1.42. The number of para-hydroxylation sites is 2. The molecule has 1 unspecified atom stereocenters. The zero-order valence-corrected chi connectivity index (χ0v) is 13.0. The largest absolute Gasteiger partial charge is 0.495 e. The number of nitrogens with one attached hydrogen (secondary N) is 1. The van der Waals surface area contributed by atoms with E-state index in [0.717, 1.165) is 16.7 Å². The topological polar surface area (TPSA) is 113 Å². The van der Waals surface area contributed by atoms with Crippen LogP contribution in [0.3, 0.4) is 0 Å². The summed E-state index contributed by atoms with van der Waals surface area (Å²) < 4.78 is 5.14. The molecule has 0 aliphatic carbocycles. The number of carboxylic acid groups (broad SMARTS) is 1. The van der Waals surface area contributed by atoms with Crippen molar-refractivity contribution in [1.82, 2.24) is 5.32 Å². The fourth-order valence-electron chi connectivity index (χ4n) is 2.03. The molecule has 23 heavy (non-hydrogen) atoms. The zero-order chi connectivity index (χ0) is 17.0. The van der Waals surface area contributed by atoms with Gasteiger partial charge in [0.05, 0.1) is 12.8 Å². The van der Waals surface area contributed by atoms with E-state index in [9.17, 15) is 19.2 Å². The second-order valence-corrected chi connectivity index (χ2v) is 5.75. The van der Waals surface area contributed by atoms with Gasteiger partial charge in [-0.3, -0.25) is 19.2 Å². The van der Waals surface area contributed by atoms with Gasteiger partial charge >= 0.3 is 5.97 Å². The van der Waals surface area contributed by atoms with Gasteiger partial charge in [-0.15, -0.1) is 0 Å². The quantitative estimate of drug-likeness (QED) is 0.790. The Morgan fingerprint density at radius 2 is 2.04 bits per heavy atom. The fraction of sp³-hybridized carbons (Fsp3) is 0.286. The molecule has 0 spiro atoms. The van der Waals surface area contributed by atoms with Gasteiger partial charge in [-0.1, -0.05) is 12.1 Å². The molecule has 0 radical (unpaired) electrons. The van der Waals surface area contributed by atoms with Gasteiger partial charge in [0.15, 0.2) is 0 Å². The Hall–Kier alpha value is -2.55. The number of amides is 3. The van der Waals surface area contributed by atoms with Gasteiger partial charge in [0.1, 0.15) is 17.5 Å². The van der Waals surface area contributed by atoms with Crippen LogP contribution in [-0.2, 0) is 14.4 Å². The number of benzene rings is 1. The third-order valence-corrected chi connectivity index (χ3v) is 4.09. The molecule has 9 heteroatoms. The molecular formula is C14H14N2O6S. The second-order valence-electron chi connectivity index (χ2n) is 4.59. The molecule has 1 aromatic carbocycles. The van der Waals surface area contributed by atoms with Crippen molar-refractivity contribution in [2.75, 3.05) is 18.6 Å². The molecule has 2 rings (SSSR count). The number of anilines is 1. The number of hydrogen-bond donors (Lipinski definition) is 2. The molecule has 8 nitrogen and oxygen atoms in total. The van der Waals surface area contributed by atoms with Crippen molar-refractivity contribution >= 4 is 40.5 Å². The summed E-state index contributed by atoms with van der Waals surface area (Å²) in [5.74, 6) is -1.95. The Labute approximate surface area is 135 Å². The number of carbonyl (C=O) groups is 4.